The molecule has 0 unspecified atom stereocenters. The quantitative estimate of drug-likeness (QED) is 0.730. The standard InChI is InChI=1S/C7H10ClNO/c1-2-9-4-6-3-7(8)10-5-6/h3,5,9H,2,4H2,1H3. The number of nitrogens with one attached hydrogen (secondary N) is 1. The van der Waals surface area contributed by atoms with Crippen molar-refractivity contribution in [2.75, 3.05) is 6.54 Å². The van der Waals surface area contributed by atoms with Gasteiger partial charge >= 0.3 is 0 Å². The molecule has 0 aliphatic heterocycles. The minimum absolute atomic E-state index is 0.452. The summed E-state index contributed by atoms with van der Waals surface area (Å²) in [6.45, 7) is 3.84. The van der Waals surface area contributed by atoms with Crippen molar-refractivity contribution in [1.29, 1.82) is 0 Å². The van der Waals surface area contributed by atoms with E-state index in [4.69, 9.17) is 16.0 Å². The Kier molecular flexibility index (Phi) is 2.78. The van der Waals surface area contributed by atoms with E-state index in [0.29, 0.717) is 5.22 Å². The summed E-state index contributed by atoms with van der Waals surface area (Å²) in [7, 11) is 0. The van der Waals surface area contributed by atoms with Crippen molar-refractivity contribution < 1.29 is 4.42 Å². The van der Waals surface area contributed by atoms with Gasteiger partial charge in [0.15, 0.2) is 5.22 Å². The molecule has 1 rings (SSSR count). The van der Waals surface area contributed by atoms with Crippen molar-refractivity contribution in [3.05, 3.63) is 23.1 Å². The molecular formula is C7H10ClNO. The van der Waals surface area contributed by atoms with Gasteiger partial charge in [-0.1, -0.05) is 6.92 Å². The fraction of sp³-hybridized carbons (Fsp3) is 0.429. The summed E-state index contributed by atoms with van der Waals surface area (Å²) in [5.74, 6) is 0. The topological polar surface area (TPSA) is 25.2 Å². The molecule has 1 heterocycles. The molecule has 0 amide bonds. The van der Waals surface area contributed by atoms with E-state index in [1.54, 1.807) is 6.26 Å². The fourth-order valence-corrected chi connectivity index (χ4v) is 0.893. The minimum atomic E-state index is 0.452. The van der Waals surface area contributed by atoms with Gasteiger partial charge in [0.25, 0.3) is 0 Å². The summed E-state index contributed by atoms with van der Waals surface area (Å²) >= 11 is 5.54. The first-order valence-electron chi connectivity index (χ1n) is 3.26. The zero-order valence-corrected chi connectivity index (χ0v) is 6.61. The predicted molar refractivity (Wildman–Crippen MR) is 41.1 cm³/mol. The lowest BCUT2D eigenvalue weighted by atomic mass is 10.3. The van der Waals surface area contributed by atoms with Gasteiger partial charge in [0.1, 0.15) is 0 Å². The molecule has 56 valence electrons. The summed E-state index contributed by atoms with van der Waals surface area (Å²) in [5, 5.41) is 3.61. The molecule has 0 fully saturated rings. The summed E-state index contributed by atoms with van der Waals surface area (Å²) in [6, 6.07) is 1.81. The van der Waals surface area contributed by atoms with Crippen LogP contribution >= 0.6 is 11.6 Å². The maximum atomic E-state index is 5.54. The molecule has 0 saturated carbocycles. The molecular weight excluding hydrogens is 150 g/mol. The van der Waals surface area contributed by atoms with Crippen molar-refractivity contribution in [3.63, 3.8) is 0 Å². The Balaban J connectivity index is 2.42. The van der Waals surface area contributed by atoms with Crippen LogP contribution in [0.4, 0.5) is 0 Å². The second-order valence-electron chi connectivity index (χ2n) is 2.04. The number of rotatable bonds is 3. The molecule has 0 atom stereocenters. The average molecular weight is 160 g/mol. The highest BCUT2D eigenvalue weighted by atomic mass is 35.5. The first kappa shape index (κ1) is 7.63. The van der Waals surface area contributed by atoms with Crippen LogP contribution in [0.2, 0.25) is 5.22 Å². The summed E-state index contributed by atoms with van der Waals surface area (Å²) in [6.07, 6.45) is 1.66. The van der Waals surface area contributed by atoms with Crippen LogP contribution in [0, 0.1) is 0 Å². The second-order valence-corrected chi connectivity index (χ2v) is 2.41. The fourth-order valence-electron chi connectivity index (χ4n) is 0.708. The van der Waals surface area contributed by atoms with E-state index >= 15 is 0 Å². The van der Waals surface area contributed by atoms with Gasteiger partial charge < -0.3 is 9.73 Å². The van der Waals surface area contributed by atoms with Gasteiger partial charge in [-0.3, -0.25) is 0 Å². The summed E-state index contributed by atoms with van der Waals surface area (Å²) in [5.41, 5.74) is 1.09. The highest BCUT2D eigenvalue weighted by Gasteiger charge is 1.95. The lowest BCUT2D eigenvalue weighted by molar-refractivity contribution is 0.563. The van der Waals surface area contributed by atoms with E-state index in [9.17, 15) is 0 Å². The second kappa shape index (κ2) is 3.64. The number of furan rings is 1. The summed E-state index contributed by atoms with van der Waals surface area (Å²) in [4.78, 5) is 0. The number of hydrogen-bond donors (Lipinski definition) is 1. The van der Waals surface area contributed by atoms with Crippen LogP contribution < -0.4 is 5.32 Å². The maximum absolute atomic E-state index is 5.54. The molecule has 0 bridgehead atoms. The Bertz CT molecular complexity index is 197. The first-order valence-corrected chi connectivity index (χ1v) is 3.64. The molecule has 10 heavy (non-hydrogen) atoms. The van der Waals surface area contributed by atoms with E-state index < -0.39 is 0 Å². The molecule has 0 saturated heterocycles. The van der Waals surface area contributed by atoms with Gasteiger partial charge in [0.2, 0.25) is 0 Å². The van der Waals surface area contributed by atoms with Crippen LogP contribution in [0.5, 0.6) is 0 Å². The SMILES string of the molecule is CCNCc1coc(Cl)c1. The molecule has 3 heteroatoms. The van der Waals surface area contributed by atoms with Gasteiger partial charge in [-0.05, 0) is 18.1 Å². The summed E-state index contributed by atoms with van der Waals surface area (Å²) < 4.78 is 4.89. The number of halogens is 1. The molecule has 0 radical (unpaired) electrons. The van der Waals surface area contributed by atoms with E-state index in [2.05, 4.69) is 12.2 Å². The maximum Gasteiger partial charge on any atom is 0.193 e. The van der Waals surface area contributed by atoms with Gasteiger partial charge in [-0.25, -0.2) is 0 Å². The molecule has 1 aromatic rings. The zero-order chi connectivity index (χ0) is 7.40. The van der Waals surface area contributed by atoms with E-state index in [0.717, 1.165) is 18.7 Å². The van der Waals surface area contributed by atoms with Crippen LogP contribution in [0.15, 0.2) is 16.7 Å². The van der Waals surface area contributed by atoms with Crippen LogP contribution in [0.25, 0.3) is 0 Å². The molecule has 0 spiro atoms. The Morgan fingerprint density at radius 2 is 2.50 bits per heavy atom. The smallest absolute Gasteiger partial charge is 0.193 e. The van der Waals surface area contributed by atoms with Gasteiger partial charge in [-0.15, -0.1) is 0 Å². The van der Waals surface area contributed by atoms with Gasteiger partial charge in [-0.2, -0.15) is 0 Å². The first-order chi connectivity index (χ1) is 4.83. The van der Waals surface area contributed by atoms with Gasteiger partial charge in [0.05, 0.1) is 6.26 Å². The molecule has 0 aliphatic carbocycles. The average Bonchev–Trinajstić information content (AvgIpc) is 2.31. The van der Waals surface area contributed by atoms with E-state index in [-0.39, 0.29) is 0 Å². The third-order valence-corrected chi connectivity index (χ3v) is 1.40. The highest BCUT2D eigenvalue weighted by molar-refractivity contribution is 6.28. The van der Waals surface area contributed by atoms with Gasteiger partial charge in [0, 0.05) is 18.2 Å². The normalized spacial score (nSPS) is 10.2. The van der Waals surface area contributed by atoms with Crippen molar-refractivity contribution in [2.24, 2.45) is 0 Å². The number of hydrogen-bond acceptors (Lipinski definition) is 2. The van der Waals surface area contributed by atoms with Crippen LogP contribution in [0.3, 0.4) is 0 Å². The monoisotopic (exact) mass is 159 g/mol. The van der Waals surface area contributed by atoms with Crippen LogP contribution in [0.1, 0.15) is 12.5 Å². The lowest BCUT2D eigenvalue weighted by Gasteiger charge is -1.94. The van der Waals surface area contributed by atoms with Crippen molar-refractivity contribution in [3.8, 4) is 0 Å². The largest absolute Gasteiger partial charge is 0.453 e. The molecule has 0 aromatic carbocycles. The minimum Gasteiger partial charge on any atom is -0.453 e. The van der Waals surface area contributed by atoms with Crippen molar-refractivity contribution >= 4 is 11.6 Å². The third kappa shape index (κ3) is 2.05. The molecule has 2 nitrogen and oxygen atoms in total. The molecule has 1 N–H and O–H groups in total. The Morgan fingerprint density at radius 1 is 1.70 bits per heavy atom. The van der Waals surface area contributed by atoms with Crippen molar-refractivity contribution in [2.45, 2.75) is 13.5 Å². The lowest BCUT2D eigenvalue weighted by Crippen LogP contribution is -2.10. The van der Waals surface area contributed by atoms with Crippen LogP contribution in [-0.2, 0) is 6.54 Å². The zero-order valence-electron chi connectivity index (χ0n) is 5.86. The predicted octanol–water partition coefficient (Wildman–Crippen LogP) is 2.04. The Labute approximate surface area is 65.2 Å². The Hall–Kier alpha value is -0.470. The highest BCUT2D eigenvalue weighted by Crippen LogP contribution is 2.12. The van der Waals surface area contributed by atoms with Crippen LogP contribution in [-0.4, -0.2) is 6.54 Å². The van der Waals surface area contributed by atoms with E-state index in [1.807, 2.05) is 6.07 Å². The van der Waals surface area contributed by atoms with Crippen molar-refractivity contribution in [1.82, 2.24) is 5.32 Å². The van der Waals surface area contributed by atoms with E-state index in [1.165, 1.54) is 0 Å². The molecule has 0 aliphatic rings. The third-order valence-electron chi connectivity index (χ3n) is 1.20. The molecule has 1 aromatic heterocycles. The Morgan fingerprint density at radius 3 is 3.00 bits per heavy atom.